The summed E-state index contributed by atoms with van der Waals surface area (Å²) in [5, 5.41) is 2.27. The maximum absolute atomic E-state index is 6.64. The van der Waals surface area contributed by atoms with Crippen LogP contribution >= 0.6 is 0 Å². The Bertz CT molecular complexity index is 3500. The lowest BCUT2D eigenvalue weighted by molar-refractivity contribution is 0.590. The number of hydrogen-bond acceptors (Lipinski definition) is 3. The Balaban J connectivity index is 1.14. The Hall–Kier alpha value is -7.56. The van der Waals surface area contributed by atoms with Crippen LogP contribution in [-0.2, 0) is 10.8 Å². The molecule has 2 aliphatic heterocycles. The zero-order chi connectivity index (χ0) is 44.9. The summed E-state index contributed by atoms with van der Waals surface area (Å²) in [7, 11) is 0. The molecule has 10 aromatic rings. The Morgan fingerprint density at radius 3 is 1.67 bits per heavy atom. The second-order valence-corrected chi connectivity index (χ2v) is 20.2. The molecule has 9 aromatic carbocycles. The summed E-state index contributed by atoms with van der Waals surface area (Å²) in [6, 6.07) is 74.1. The third kappa shape index (κ3) is 6.50. The molecule has 12 rings (SSSR count). The third-order valence-electron chi connectivity index (χ3n) is 14.0. The second kappa shape index (κ2) is 15.0. The van der Waals surface area contributed by atoms with E-state index in [2.05, 4.69) is 245 Å². The van der Waals surface area contributed by atoms with Crippen LogP contribution in [0.1, 0.15) is 52.7 Å². The molecule has 0 saturated carbocycles. The highest BCUT2D eigenvalue weighted by Gasteiger charge is 2.44. The van der Waals surface area contributed by atoms with Gasteiger partial charge in [0.1, 0.15) is 11.2 Å². The van der Waals surface area contributed by atoms with Crippen molar-refractivity contribution in [2.24, 2.45) is 0 Å². The highest BCUT2D eigenvalue weighted by atomic mass is 16.3. The van der Waals surface area contributed by atoms with Crippen LogP contribution in [0.2, 0.25) is 0 Å². The molecule has 0 atom stereocenters. The van der Waals surface area contributed by atoms with Crippen LogP contribution in [-0.4, -0.2) is 6.71 Å². The zero-order valence-electron chi connectivity index (χ0n) is 38.4. The molecule has 0 aliphatic carbocycles. The summed E-state index contributed by atoms with van der Waals surface area (Å²) < 4.78 is 6.64. The Morgan fingerprint density at radius 1 is 0.379 bits per heavy atom. The predicted octanol–water partition coefficient (Wildman–Crippen LogP) is 15.3. The van der Waals surface area contributed by atoms with Crippen molar-refractivity contribution >= 4 is 79.2 Å². The standard InChI is InChI=1S/C62H51BN2O/c1-61(2,3)45-30-33-52-55(37-45)65(48-22-15-21-44(35-48)49-24-16-25-51-50-23-13-14-26-58(50)66-60(49)51)57-39-46(62(4,5)6)38-56-59(57)63(52)53-36-43(41-19-11-8-12-20-41)29-34-54(53)64(56)47-31-27-42(28-32-47)40-17-9-7-10-18-40/h7-39H,1-6H3. The van der Waals surface area contributed by atoms with E-state index in [-0.39, 0.29) is 17.5 Å². The molecule has 66 heavy (non-hydrogen) atoms. The fraction of sp³-hybridized carbons (Fsp3) is 0.129. The van der Waals surface area contributed by atoms with E-state index in [0.717, 1.165) is 44.4 Å². The summed E-state index contributed by atoms with van der Waals surface area (Å²) in [5.41, 5.74) is 22.3. The second-order valence-electron chi connectivity index (χ2n) is 20.2. The lowest BCUT2D eigenvalue weighted by Gasteiger charge is -2.45. The average Bonchev–Trinajstić information content (AvgIpc) is 3.73. The maximum Gasteiger partial charge on any atom is 0.252 e. The zero-order valence-corrected chi connectivity index (χ0v) is 38.4. The Kier molecular flexibility index (Phi) is 9.09. The number of furan rings is 1. The number of para-hydroxylation sites is 2. The lowest BCUT2D eigenvalue weighted by atomic mass is 9.33. The van der Waals surface area contributed by atoms with Gasteiger partial charge < -0.3 is 14.2 Å². The van der Waals surface area contributed by atoms with Crippen molar-refractivity contribution in [2.75, 3.05) is 9.80 Å². The number of anilines is 6. The highest BCUT2D eigenvalue weighted by Crippen LogP contribution is 2.48. The summed E-state index contributed by atoms with van der Waals surface area (Å²) in [6.45, 7) is 14.0. The van der Waals surface area contributed by atoms with E-state index in [9.17, 15) is 0 Å². The molecule has 0 amide bonds. The largest absolute Gasteiger partial charge is 0.455 e. The van der Waals surface area contributed by atoms with Crippen LogP contribution in [0.25, 0.3) is 55.3 Å². The number of rotatable bonds is 5. The van der Waals surface area contributed by atoms with Gasteiger partial charge in [-0.2, -0.15) is 0 Å². The van der Waals surface area contributed by atoms with Crippen molar-refractivity contribution in [3.8, 4) is 33.4 Å². The van der Waals surface area contributed by atoms with E-state index in [1.165, 1.54) is 72.5 Å². The van der Waals surface area contributed by atoms with Crippen molar-refractivity contribution in [1.29, 1.82) is 0 Å². The van der Waals surface area contributed by atoms with E-state index >= 15 is 0 Å². The number of hydrogen-bond donors (Lipinski definition) is 0. The maximum atomic E-state index is 6.64. The number of benzene rings is 9. The van der Waals surface area contributed by atoms with E-state index in [1.807, 2.05) is 6.07 Å². The Morgan fingerprint density at radius 2 is 0.955 bits per heavy atom. The fourth-order valence-corrected chi connectivity index (χ4v) is 10.5. The van der Waals surface area contributed by atoms with Crippen molar-refractivity contribution < 1.29 is 4.42 Å². The van der Waals surface area contributed by atoms with E-state index in [4.69, 9.17) is 4.42 Å². The topological polar surface area (TPSA) is 19.6 Å². The van der Waals surface area contributed by atoms with E-state index in [1.54, 1.807) is 0 Å². The molecule has 4 heteroatoms. The van der Waals surface area contributed by atoms with Crippen LogP contribution in [0, 0.1) is 0 Å². The average molecular weight is 851 g/mol. The summed E-state index contributed by atoms with van der Waals surface area (Å²) >= 11 is 0. The minimum absolute atomic E-state index is 0.0183. The molecule has 2 aliphatic rings. The van der Waals surface area contributed by atoms with Gasteiger partial charge in [-0.25, -0.2) is 0 Å². The van der Waals surface area contributed by atoms with Gasteiger partial charge in [0.05, 0.1) is 0 Å². The van der Waals surface area contributed by atoms with Crippen molar-refractivity contribution in [3.63, 3.8) is 0 Å². The quantitative estimate of drug-likeness (QED) is 0.161. The fourth-order valence-electron chi connectivity index (χ4n) is 10.5. The smallest absolute Gasteiger partial charge is 0.252 e. The summed E-state index contributed by atoms with van der Waals surface area (Å²) in [4.78, 5) is 5.11. The summed E-state index contributed by atoms with van der Waals surface area (Å²) in [6.07, 6.45) is 0. The van der Waals surface area contributed by atoms with Gasteiger partial charge in [-0.05, 0) is 121 Å². The molecule has 0 N–H and O–H groups in total. The van der Waals surface area contributed by atoms with Crippen LogP contribution in [0.5, 0.6) is 0 Å². The Labute approximate surface area is 388 Å². The first-order valence-corrected chi connectivity index (χ1v) is 23.3. The van der Waals surface area contributed by atoms with Gasteiger partial charge in [0, 0.05) is 50.5 Å². The molecule has 1 aromatic heterocycles. The first-order valence-electron chi connectivity index (χ1n) is 23.3. The van der Waals surface area contributed by atoms with Gasteiger partial charge in [0.2, 0.25) is 0 Å². The molecule has 3 heterocycles. The summed E-state index contributed by atoms with van der Waals surface area (Å²) in [5.74, 6) is 0. The van der Waals surface area contributed by atoms with Crippen LogP contribution in [0.4, 0.5) is 34.1 Å². The molecule has 0 saturated heterocycles. The molecule has 0 radical (unpaired) electrons. The first kappa shape index (κ1) is 40.0. The van der Waals surface area contributed by atoms with E-state index < -0.39 is 0 Å². The molecule has 318 valence electrons. The highest BCUT2D eigenvalue weighted by molar-refractivity contribution is 7.00. The molecule has 0 bridgehead atoms. The predicted molar refractivity (Wildman–Crippen MR) is 281 cm³/mol. The first-order chi connectivity index (χ1) is 32.0. The van der Waals surface area contributed by atoms with Gasteiger partial charge in [-0.1, -0.05) is 187 Å². The monoisotopic (exact) mass is 850 g/mol. The lowest BCUT2D eigenvalue weighted by Crippen LogP contribution is -2.61. The van der Waals surface area contributed by atoms with Gasteiger partial charge in [0.15, 0.2) is 0 Å². The molecule has 0 unspecified atom stereocenters. The molecule has 0 fully saturated rings. The molecular weight excluding hydrogens is 800 g/mol. The minimum atomic E-state index is -0.140. The normalized spacial score (nSPS) is 13.2. The third-order valence-corrected chi connectivity index (χ3v) is 14.0. The molecular formula is C62H51BN2O. The van der Waals surface area contributed by atoms with Gasteiger partial charge in [0.25, 0.3) is 6.71 Å². The SMILES string of the molecule is CC(C)(C)c1ccc2c(c1)N(c1cccc(-c3cccc4c3oc3ccccc34)c1)c1cc(C(C)(C)C)cc3c1B2c1cc(-c2ccccc2)ccc1N3c1ccc(-c2ccccc2)cc1. The molecule has 3 nitrogen and oxygen atoms in total. The van der Waals surface area contributed by atoms with Crippen LogP contribution in [0.3, 0.4) is 0 Å². The van der Waals surface area contributed by atoms with Gasteiger partial charge >= 0.3 is 0 Å². The number of fused-ring (bicyclic) bond motifs is 7. The van der Waals surface area contributed by atoms with Gasteiger partial charge in [-0.3, -0.25) is 0 Å². The van der Waals surface area contributed by atoms with Crippen molar-refractivity contribution in [3.05, 3.63) is 211 Å². The van der Waals surface area contributed by atoms with Gasteiger partial charge in [-0.15, -0.1) is 0 Å². The molecule has 0 spiro atoms. The van der Waals surface area contributed by atoms with Crippen molar-refractivity contribution in [2.45, 2.75) is 52.4 Å². The van der Waals surface area contributed by atoms with Crippen LogP contribution in [0.15, 0.2) is 205 Å². The number of nitrogens with zero attached hydrogens (tertiary/aromatic N) is 2. The van der Waals surface area contributed by atoms with Crippen molar-refractivity contribution in [1.82, 2.24) is 0 Å². The minimum Gasteiger partial charge on any atom is -0.455 e. The van der Waals surface area contributed by atoms with E-state index in [0.29, 0.717) is 0 Å². The van der Waals surface area contributed by atoms with Crippen LogP contribution < -0.4 is 26.2 Å².